The van der Waals surface area contributed by atoms with Gasteiger partial charge in [0.05, 0.1) is 12.1 Å². The number of nitrogens with zero attached hydrogens (tertiary/aromatic N) is 2. The third-order valence-corrected chi connectivity index (χ3v) is 7.57. The van der Waals surface area contributed by atoms with Gasteiger partial charge in [-0.1, -0.05) is 60.7 Å². The molecule has 3 aromatic carbocycles. The zero-order chi connectivity index (χ0) is 28.6. The van der Waals surface area contributed by atoms with Gasteiger partial charge in [-0.3, -0.25) is 9.78 Å². The summed E-state index contributed by atoms with van der Waals surface area (Å²) in [5, 5.41) is 14.4. The summed E-state index contributed by atoms with van der Waals surface area (Å²) >= 11 is 0. The van der Waals surface area contributed by atoms with E-state index in [0.717, 1.165) is 19.3 Å². The van der Waals surface area contributed by atoms with Crippen molar-refractivity contribution in [2.24, 2.45) is 5.92 Å². The second-order valence-corrected chi connectivity index (χ2v) is 10.2. The molecule has 0 aliphatic heterocycles. The topological polar surface area (TPSA) is 112 Å². The molecule has 8 nitrogen and oxygen atoms in total. The Balaban J connectivity index is 1.35. The number of aryl methyl sites for hydroxylation is 1. The molecule has 2 atom stereocenters. The van der Waals surface area contributed by atoms with Crippen LogP contribution in [0.4, 0.5) is 16.2 Å². The van der Waals surface area contributed by atoms with Gasteiger partial charge < -0.3 is 20.6 Å². The number of rotatable bonds is 9. The van der Waals surface area contributed by atoms with E-state index in [1.165, 1.54) is 28.8 Å². The minimum atomic E-state index is -1.09. The number of carbonyl (C=O) groups excluding carboxylic acids is 2. The van der Waals surface area contributed by atoms with Crippen molar-refractivity contribution >= 4 is 29.3 Å². The molecule has 0 saturated carbocycles. The van der Waals surface area contributed by atoms with Gasteiger partial charge in [0.1, 0.15) is 0 Å². The molecule has 1 aliphatic rings. The van der Waals surface area contributed by atoms with Gasteiger partial charge in [0.15, 0.2) is 0 Å². The van der Waals surface area contributed by atoms with Crippen LogP contribution in [-0.2, 0) is 17.6 Å². The molecular formula is C33H32N4O4. The maximum Gasteiger partial charge on any atom is 0.335 e. The van der Waals surface area contributed by atoms with E-state index in [1.807, 2.05) is 6.07 Å². The van der Waals surface area contributed by atoms with E-state index in [4.69, 9.17) is 0 Å². The summed E-state index contributed by atoms with van der Waals surface area (Å²) in [6.45, 7) is 0.228. The number of hydrogen-bond donors (Lipinski definition) is 3. The van der Waals surface area contributed by atoms with Crippen molar-refractivity contribution in [2.45, 2.75) is 25.2 Å². The van der Waals surface area contributed by atoms with Gasteiger partial charge in [-0.05, 0) is 72.2 Å². The summed E-state index contributed by atoms with van der Waals surface area (Å²) in [7, 11) is 0. The molecule has 0 saturated heterocycles. The van der Waals surface area contributed by atoms with Crippen LogP contribution in [0.2, 0.25) is 0 Å². The number of urea groups is 1. The monoisotopic (exact) mass is 548 g/mol. The van der Waals surface area contributed by atoms with Crippen molar-refractivity contribution in [1.82, 2.24) is 10.3 Å². The number of aromatic carboxylic acids is 1. The maximum atomic E-state index is 13.7. The summed E-state index contributed by atoms with van der Waals surface area (Å²) in [5.41, 5.74) is 4.93. The van der Waals surface area contributed by atoms with E-state index < -0.39 is 12.0 Å². The van der Waals surface area contributed by atoms with Gasteiger partial charge in [-0.25, -0.2) is 9.59 Å². The summed E-state index contributed by atoms with van der Waals surface area (Å²) in [4.78, 5) is 43.4. The fraction of sp³-hybridized carbons (Fsp3) is 0.212. The van der Waals surface area contributed by atoms with Crippen LogP contribution in [0.15, 0.2) is 103 Å². The number of hydrogen-bond acceptors (Lipinski definition) is 4. The lowest BCUT2D eigenvalue weighted by Gasteiger charge is -2.37. The lowest BCUT2D eigenvalue weighted by Crippen LogP contribution is -2.44. The van der Waals surface area contributed by atoms with Gasteiger partial charge in [-0.15, -0.1) is 0 Å². The smallest absolute Gasteiger partial charge is 0.335 e. The summed E-state index contributed by atoms with van der Waals surface area (Å²) in [6, 6.07) is 27.8. The van der Waals surface area contributed by atoms with Crippen molar-refractivity contribution in [2.75, 3.05) is 23.3 Å². The Bertz CT molecular complexity index is 1510. The van der Waals surface area contributed by atoms with Gasteiger partial charge in [0, 0.05) is 36.2 Å². The van der Waals surface area contributed by atoms with Crippen LogP contribution in [0.3, 0.4) is 0 Å². The molecule has 0 bridgehead atoms. The van der Waals surface area contributed by atoms with Gasteiger partial charge in [0.2, 0.25) is 5.91 Å². The lowest BCUT2D eigenvalue weighted by molar-refractivity contribution is -0.117. The zero-order valence-electron chi connectivity index (χ0n) is 22.6. The highest BCUT2D eigenvalue weighted by molar-refractivity contribution is 5.99. The Labute approximate surface area is 239 Å². The first-order valence-corrected chi connectivity index (χ1v) is 13.7. The lowest BCUT2D eigenvalue weighted by atomic mass is 9.72. The molecule has 0 radical (unpaired) electrons. The first-order valence-electron chi connectivity index (χ1n) is 13.7. The van der Waals surface area contributed by atoms with Gasteiger partial charge in [-0.2, -0.15) is 0 Å². The van der Waals surface area contributed by atoms with E-state index >= 15 is 0 Å². The number of fused-ring (bicyclic) bond motifs is 1. The average Bonchev–Trinajstić information content (AvgIpc) is 3.00. The predicted molar refractivity (Wildman–Crippen MR) is 158 cm³/mol. The zero-order valence-corrected chi connectivity index (χ0v) is 22.6. The summed E-state index contributed by atoms with van der Waals surface area (Å²) in [6.07, 6.45) is 6.24. The molecule has 208 valence electrons. The molecule has 3 amide bonds. The molecule has 3 N–H and O–H groups in total. The molecule has 0 fully saturated rings. The number of carbonyl (C=O) groups is 3. The Morgan fingerprint density at radius 3 is 2.44 bits per heavy atom. The normalized spacial score (nSPS) is 15.8. The van der Waals surface area contributed by atoms with Crippen LogP contribution < -0.4 is 15.5 Å². The van der Waals surface area contributed by atoms with E-state index in [1.54, 1.807) is 41.6 Å². The highest BCUT2D eigenvalue weighted by Gasteiger charge is 2.32. The molecule has 5 rings (SSSR count). The number of anilines is 2. The van der Waals surface area contributed by atoms with Crippen LogP contribution >= 0.6 is 0 Å². The maximum absolute atomic E-state index is 13.7. The molecular weight excluding hydrogens is 516 g/mol. The first-order chi connectivity index (χ1) is 20.0. The Morgan fingerprint density at radius 1 is 0.902 bits per heavy atom. The Morgan fingerprint density at radius 2 is 1.66 bits per heavy atom. The van der Waals surface area contributed by atoms with Crippen LogP contribution in [-0.4, -0.2) is 41.1 Å². The molecule has 4 aromatic rings. The van der Waals surface area contributed by atoms with Crippen LogP contribution in [0.5, 0.6) is 0 Å². The molecule has 41 heavy (non-hydrogen) atoms. The van der Waals surface area contributed by atoms with Crippen molar-refractivity contribution < 1.29 is 19.5 Å². The van der Waals surface area contributed by atoms with Crippen molar-refractivity contribution in [3.05, 3.63) is 126 Å². The highest BCUT2D eigenvalue weighted by atomic mass is 16.4. The van der Waals surface area contributed by atoms with E-state index in [0.29, 0.717) is 23.8 Å². The van der Waals surface area contributed by atoms with E-state index in [-0.39, 0.29) is 23.9 Å². The number of nitrogens with one attached hydrogen (secondary N) is 2. The molecule has 1 heterocycles. The third-order valence-electron chi connectivity index (χ3n) is 7.57. The summed E-state index contributed by atoms with van der Waals surface area (Å²) in [5.74, 6) is -0.911. The van der Waals surface area contributed by atoms with Crippen LogP contribution in [0, 0.1) is 5.92 Å². The quantitative estimate of drug-likeness (QED) is 0.255. The standard InChI is InChI=1S/C33H32N4O4/c38-31(21-35-33(41)36-27-11-6-10-26(20-27)32(39)40)37(28-15-17-34-18-16-28)22-30-25(19-23-7-2-1-3-8-23)14-13-24-9-4-5-12-29(24)30/h1-12,15-18,20,25,30H,13-14,19,21-22H2,(H,39,40)(H2,35,36,41)/t25-,30-/m0/s1. The number of aromatic nitrogens is 1. The predicted octanol–water partition coefficient (Wildman–Crippen LogP) is 5.52. The Hall–Kier alpha value is -4.98. The number of carboxylic acid groups (broad SMARTS) is 1. The average molecular weight is 549 g/mol. The number of benzene rings is 3. The van der Waals surface area contributed by atoms with E-state index in [9.17, 15) is 19.5 Å². The Kier molecular flexibility index (Phi) is 8.69. The second kappa shape index (κ2) is 12.9. The van der Waals surface area contributed by atoms with Crippen molar-refractivity contribution in [1.29, 1.82) is 0 Å². The highest BCUT2D eigenvalue weighted by Crippen LogP contribution is 2.39. The molecule has 0 unspecified atom stereocenters. The summed E-state index contributed by atoms with van der Waals surface area (Å²) < 4.78 is 0. The second-order valence-electron chi connectivity index (χ2n) is 10.2. The molecule has 1 aromatic heterocycles. The van der Waals surface area contributed by atoms with Gasteiger partial charge >= 0.3 is 12.0 Å². The molecule has 1 aliphatic carbocycles. The molecule has 8 heteroatoms. The molecule has 0 spiro atoms. The largest absolute Gasteiger partial charge is 0.478 e. The van der Waals surface area contributed by atoms with Crippen molar-refractivity contribution in [3.8, 4) is 0 Å². The fourth-order valence-electron chi connectivity index (χ4n) is 5.56. The third kappa shape index (κ3) is 6.97. The van der Waals surface area contributed by atoms with Crippen molar-refractivity contribution in [3.63, 3.8) is 0 Å². The number of carboxylic acids is 1. The minimum absolute atomic E-state index is 0.0561. The number of pyridine rings is 1. The SMILES string of the molecule is O=C(NCC(=O)N(C[C@@H]1c2ccccc2CC[C@H]1Cc1ccccc1)c1ccncc1)Nc1cccc(C(=O)O)c1. The van der Waals surface area contributed by atoms with Gasteiger partial charge in [0.25, 0.3) is 0 Å². The first kappa shape index (κ1) is 27.6. The fourth-order valence-corrected chi connectivity index (χ4v) is 5.56. The van der Waals surface area contributed by atoms with Crippen LogP contribution in [0.25, 0.3) is 0 Å². The van der Waals surface area contributed by atoms with E-state index in [2.05, 4.69) is 64.1 Å². The van der Waals surface area contributed by atoms with Crippen LogP contribution in [0.1, 0.15) is 39.4 Å². The number of amides is 3. The minimum Gasteiger partial charge on any atom is -0.478 e.